The summed E-state index contributed by atoms with van der Waals surface area (Å²) in [6.45, 7) is 0.343. The number of carbonyl (C=O) groups excluding carboxylic acids is 2. The van der Waals surface area contributed by atoms with Crippen LogP contribution in [0.1, 0.15) is 28.4 Å². The molecule has 0 aliphatic rings. The van der Waals surface area contributed by atoms with Crippen molar-refractivity contribution < 1.29 is 40.7 Å². The van der Waals surface area contributed by atoms with Gasteiger partial charge in [0.2, 0.25) is 0 Å². The maximum Gasteiger partial charge on any atom is 0.436 e. The van der Waals surface area contributed by atoms with E-state index in [1.54, 1.807) is 18.2 Å². The van der Waals surface area contributed by atoms with Crippen LogP contribution in [-0.2, 0) is 22.3 Å². The van der Waals surface area contributed by atoms with Crippen molar-refractivity contribution in [2.24, 2.45) is 0 Å². The van der Waals surface area contributed by atoms with Gasteiger partial charge in [-0.05, 0) is 30.7 Å². The van der Waals surface area contributed by atoms with E-state index in [2.05, 4.69) is 4.74 Å². The van der Waals surface area contributed by atoms with Crippen LogP contribution in [-0.4, -0.2) is 30.3 Å². The van der Waals surface area contributed by atoms with E-state index in [9.17, 15) is 35.9 Å². The molecule has 2 N–H and O–H groups in total. The van der Waals surface area contributed by atoms with E-state index in [-0.39, 0.29) is 0 Å². The molecule has 0 spiro atoms. The topological polar surface area (TPSA) is 67.4 Å². The third-order valence-electron chi connectivity index (χ3n) is 4.16. The minimum Gasteiger partial charge on any atom is -0.463 e. The zero-order valence-electron chi connectivity index (χ0n) is 16.1. The molecule has 0 aliphatic carbocycles. The highest BCUT2D eigenvalue weighted by atomic mass is 19.4. The Kier molecular flexibility index (Phi) is 7.32. The van der Waals surface area contributed by atoms with Gasteiger partial charge in [-0.1, -0.05) is 36.4 Å². The predicted octanol–water partition coefficient (Wildman–Crippen LogP) is 4.05. The molecule has 0 saturated carbocycles. The van der Waals surface area contributed by atoms with Crippen molar-refractivity contribution in [2.75, 3.05) is 6.61 Å². The Morgan fingerprint density at radius 2 is 1.58 bits per heavy atom. The van der Waals surface area contributed by atoms with Crippen molar-refractivity contribution in [3.8, 4) is 0 Å². The summed E-state index contributed by atoms with van der Waals surface area (Å²) < 4.78 is 85.3. The van der Waals surface area contributed by atoms with Crippen molar-refractivity contribution in [3.05, 3.63) is 71.3 Å². The summed E-state index contributed by atoms with van der Waals surface area (Å²) in [4.78, 5) is 24.8. The Bertz CT molecular complexity index is 915. The van der Waals surface area contributed by atoms with Crippen LogP contribution in [0.3, 0.4) is 0 Å². The Morgan fingerprint density at radius 1 is 0.935 bits per heavy atom. The lowest BCUT2D eigenvalue weighted by molar-refractivity contribution is -0.219. The SMILES string of the molecule is CCOC(=O)[C@@](NCc1ccccc1)(NC(=O)c1cccc(C(F)(F)F)c1)C(F)(F)F. The van der Waals surface area contributed by atoms with Gasteiger partial charge in [0.25, 0.3) is 11.6 Å². The standard InChI is InChI=1S/C20H18F6N2O3/c1-2-31-17(30)18(20(24,25)26,27-12-13-7-4-3-5-8-13)28-16(29)14-9-6-10-15(11-14)19(21,22)23/h3-11,27H,2,12H2,1H3,(H,28,29)/t18-/m1/s1. The molecule has 2 aromatic carbocycles. The first-order valence-electron chi connectivity index (χ1n) is 8.93. The van der Waals surface area contributed by atoms with Crippen molar-refractivity contribution in [2.45, 2.75) is 31.5 Å². The minimum atomic E-state index is -5.38. The Labute approximate surface area is 173 Å². The van der Waals surface area contributed by atoms with Gasteiger partial charge in [-0.3, -0.25) is 10.1 Å². The maximum absolute atomic E-state index is 14.0. The number of esters is 1. The minimum absolute atomic E-state index is 0.355. The fourth-order valence-corrected chi connectivity index (χ4v) is 2.60. The number of nitrogens with one attached hydrogen (secondary N) is 2. The highest BCUT2D eigenvalue weighted by molar-refractivity contribution is 5.98. The first-order chi connectivity index (χ1) is 14.4. The van der Waals surface area contributed by atoms with Crippen LogP contribution in [0.25, 0.3) is 0 Å². The number of hydrogen-bond donors (Lipinski definition) is 2. The molecule has 0 saturated heterocycles. The normalized spacial score (nSPS) is 13.9. The zero-order valence-corrected chi connectivity index (χ0v) is 16.1. The Morgan fingerprint density at radius 3 is 2.13 bits per heavy atom. The van der Waals surface area contributed by atoms with Crippen molar-refractivity contribution in [1.29, 1.82) is 0 Å². The van der Waals surface area contributed by atoms with Crippen LogP contribution in [0.15, 0.2) is 54.6 Å². The smallest absolute Gasteiger partial charge is 0.436 e. The van der Waals surface area contributed by atoms with Crippen LogP contribution in [0.5, 0.6) is 0 Å². The lowest BCUT2D eigenvalue weighted by Crippen LogP contribution is -2.72. The van der Waals surface area contributed by atoms with Crippen LogP contribution in [0, 0.1) is 0 Å². The van der Waals surface area contributed by atoms with Crippen LogP contribution >= 0.6 is 0 Å². The summed E-state index contributed by atoms with van der Waals surface area (Å²) in [5.74, 6) is -3.39. The molecule has 0 aromatic heterocycles. The molecule has 5 nitrogen and oxygen atoms in total. The van der Waals surface area contributed by atoms with Gasteiger partial charge in [-0.25, -0.2) is 4.79 Å². The molecule has 0 heterocycles. The summed E-state index contributed by atoms with van der Waals surface area (Å²) in [7, 11) is 0. The van der Waals surface area contributed by atoms with E-state index in [1.807, 2.05) is 5.32 Å². The van der Waals surface area contributed by atoms with Crippen molar-refractivity contribution >= 4 is 11.9 Å². The van der Waals surface area contributed by atoms with Gasteiger partial charge in [0.15, 0.2) is 0 Å². The third-order valence-corrected chi connectivity index (χ3v) is 4.16. The Balaban J connectivity index is 2.43. The predicted molar refractivity (Wildman–Crippen MR) is 97.6 cm³/mol. The molecule has 0 unspecified atom stereocenters. The second-order valence-electron chi connectivity index (χ2n) is 6.34. The molecule has 168 valence electrons. The van der Waals surface area contributed by atoms with Crippen molar-refractivity contribution in [1.82, 2.24) is 10.6 Å². The first kappa shape index (κ1) is 24.2. The highest BCUT2D eigenvalue weighted by Gasteiger charge is 2.63. The van der Waals surface area contributed by atoms with Gasteiger partial charge in [-0.2, -0.15) is 26.3 Å². The number of alkyl halides is 6. The van der Waals surface area contributed by atoms with E-state index < -0.39 is 54.2 Å². The van der Waals surface area contributed by atoms with Gasteiger partial charge >= 0.3 is 18.3 Å². The number of hydrogen-bond acceptors (Lipinski definition) is 4. The van der Waals surface area contributed by atoms with E-state index in [1.165, 1.54) is 24.4 Å². The first-order valence-corrected chi connectivity index (χ1v) is 8.93. The van der Waals surface area contributed by atoms with E-state index in [4.69, 9.17) is 0 Å². The second-order valence-corrected chi connectivity index (χ2v) is 6.34. The molecule has 0 aliphatic heterocycles. The van der Waals surface area contributed by atoms with Gasteiger partial charge in [-0.15, -0.1) is 0 Å². The molecule has 11 heteroatoms. The summed E-state index contributed by atoms with van der Waals surface area (Å²) in [5.41, 5.74) is -5.28. The molecule has 2 rings (SSSR count). The quantitative estimate of drug-likeness (QED) is 0.381. The molecular weight excluding hydrogens is 430 g/mol. The fraction of sp³-hybridized carbons (Fsp3) is 0.300. The van der Waals surface area contributed by atoms with Crippen LogP contribution in [0.2, 0.25) is 0 Å². The summed E-state index contributed by atoms with van der Waals surface area (Å²) in [6.07, 6.45) is -10.2. The summed E-state index contributed by atoms with van der Waals surface area (Å²) >= 11 is 0. The summed E-state index contributed by atoms with van der Waals surface area (Å²) in [6, 6.07) is 10.5. The number of benzene rings is 2. The number of ether oxygens (including phenoxy) is 1. The number of halogens is 6. The zero-order chi connectivity index (χ0) is 23.3. The summed E-state index contributed by atoms with van der Waals surface area (Å²) in [5, 5.41) is 3.47. The average molecular weight is 448 g/mol. The van der Waals surface area contributed by atoms with E-state index in [0.29, 0.717) is 17.7 Å². The monoisotopic (exact) mass is 448 g/mol. The molecule has 0 fully saturated rings. The highest BCUT2D eigenvalue weighted by Crippen LogP contribution is 2.32. The van der Waals surface area contributed by atoms with Gasteiger partial charge in [0.05, 0.1) is 12.2 Å². The van der Waals surface area contributed by atoms with Gasteiger partial charge < -0.3 is 10.1 Å². The Hall–Kier alpha value is -3.08. The molecule has 0 bridgehead atoms. The van der Waals surface area contributed by atoms with Crippen LogP contribution < -0.4 is 10.6 Å². The van der Waals surface area contributed by atoms with Gasteiger partial charge in [0.1, 0.15) is 0 Å². The molecular formula is C20H18F6N2O3. The van der Waals surface area contributed by atoms with Crippen molar-refractivity contribution in [3.63, 3.8) is 0 Å². The second kappa shape index (κ2) is 9.38. The lowest BCUT2D eigenvalue weighted by Gasteiger charge is -2.35. The van der Waals surface area contributed by atoms with E-state index >= 15 is 0 Å². The number of carbonyl (C=O) groups is 2. The third kappa shape index (κ3) is 5.75. The van der Waals surface area contributed by atoms with Crippen LogP contribution in [0.4, 0.5) is 26.3 Å². The maximum atomic E-state index is 14.0. The molecule has 31 heavy (non-hydrogen) atoms. The molecule has 1 atom stereocenters. The lowest BCUT2D eigenvalue weighted by atomic mass is 10.1. The van der Waals surface area contributed by atoms with E-state index in [0.717, 1.165) is 12.1 Å². The molecule has 0 radical (unpaired) electrons. The van der Waals surface area contributed by atoms with Gasteiger partial charge in [0, 0.05) is 12.1 Å². The molecule has 1 amide bonds. The number of rotatable bonds is 7. The fourth-order valence-electron chi connectivity index (χ4n) is 2.60. The average Bonchev–Trinajstić information content (AvgIpc) is 2.70. The number of amides is 1. The largest absolute Gasteiger partial charge is 0.463 e. The molecule has 2 aromatic rings.